The Morgan fingerprint density at radius 1 is 1.17 bits per heavy atom. The highest BCUT2D eigenvalue weighted by Crippen LogP contribution is 2.20. The summed E-state index contributed by atoms with van der Waals surface area (Å²) in [6.45, 7) is 11.0. The Bertz CT molecular complexity index is 199. The lowest BCUT2D eigenvalue weighted by atomic mass is 9.88. The molecule has 0 aliphatic carbocycles. The smallest absolute Gasteiger partial charge is 0.0496 e. The Balaban J connectivity index is 4.28. The van der Waals surface area contributed by atoms with E-state index in [-0.39, 0.29) is 12.0 Å². The molecule has 2 N–H and O–H groups in total. The molecule has 0 aromatic rings. The highest BCUT2D eigenvalue weighted by atomic mass is 16.3. The molecule has 110 valence electrons. The molecule has 0 rings (SSSR count). The fourth-order valence-corrected chi connectivity index (χ4v) is 2.42. The molecule has 0 bridgehead atoms. The van der Waals surface area contributed by atoms with Crippen LogP contribution in [0.5, 0.6) is 0 Å². The first-order valence-electron chi connectivity index (χ1n) is 7.42. The molecule has 0 spiro atoms. The summed E-state index contributed by atoms with van der Waals surface area (Å²) < 4.78 is 0. The van der Waals surface area contributed by atoms with Gasteiger partial charge in [0.15, 0.2) is 0 Å². The number of aliphatic hydroxyl groups excluding tert-OH is 1. The fraction of sp³-hybridized carbons (Fsp3) is 1.00. The molecule has 3 nitrogen and oxygen atoms in total. The van der Waals surface area contributed by atoms with E-state index in [0.29, 0.717) is 6.04 Å². The molecule has 0 aliphatic rings. The SMILES string of the molecule is CCC(CC)C(CNCC(C)(CC)CO)N(C)C. The minimum atomic E-state index is 0.0186. The summed E-state index contributed by atoms with van der Waals surface area (Å²) in [5, 5.41) is 13.0. The van der Waals surface area contributed by atoms with Crippen molar-refractivity contribution in [2.75, 3.05) is 33.8 Å². The molecule has 0 amide bonds. The van der Waals surface area contributed by atoms with Gasteiger partial charge in [0, 0.05) is 31.2 Å². The predicted molar refractivity (Wildman–Crippen MR) is 79.9 cm³/mol. The van der Waals surface area contributed by atoms with Crippen LogP contribution >= 0.6 is 0 Å². The molecule has 0 aromatic heterocycles. The number of hydrogen-bond acceptors (Lipinski definition) is 3. The summed E-state index contributed by atoms with van der Waals surface area (Å²) in [5.74, 6) is 0.745. The number of nitrogens with zero attached hydrogens (tertiary/aromatic N) is 1. The lowest BCUT2D eigenvalue weighted by Crippen LogP contribution is -2.46. The van der Waals surface area contributed by atoms with Gasteiger partial charge in [-0.2, -0.15) is 0 Å². The van der Waals surface area contributed by atoms with Crippen molar-refractivity contribution in [1.29, 1.82) is 0 Å². The van der Waals surface area contributed by atoms with Crippen molar-refractivity contribution in [2.24, 2.45) is 11.3 Å². The van der Waals surface area contributed by atoms with Crippen LogP contribution in [0.15, 0.2) is 0 Å². The normalized spacial score (nSPS) is 17.2. The maximum atomic E-state index is 9.41. The van der Waals surface area contributed by atoms with Gasteiger partial charge in [0.05, 0.1) is 0 Å². The third-order valence-electron chi connectivity index (χ3n) is 4.40. The van der Waals surface area contributed by atoms with E-state index >= 15 is 0 Å². The highest BCUT2D eigenvalue weighted by molar-refractivity contribution is 4.80. The summed E-state index contributed by atoms with van der Waals surface area (Å²) in [7, 11) is 4.32. The second-order valence-electron chi connectivity index (χ2n) is 6.06. The molecule has 0 aliphatic heterocycles. The average molecular weight is 258 g/mol. The summed E-state index contributed by atoms with van der Waals surface area (Å²) in [4.78, 5) is 2.33. The van der Waals surface area contributed by atoms with Gasteiger partial charge < -0.3 is 15.3 Å². The van der Waals surface area contributed by atoms with Crippen LogP contribution in [0.2, 0.25) is 0 Å². The molecule has 2 unspecified atom stereocenters. The summed E-state index contributed by atoms with van der Waals surface area (Å²) in [5.41, 5.74) is 0.0186. The summed E-state index contributed by atoms with van der Waals surface area (Å²) in [6.07, 6.45) is 3.46. The van der Waals surface area contributed by atoms with Crippen LogP contribution in [0.1, 0.15) is 47.0 Å². The third kappa shape index (κ3) is 5.68. The minimum Gasteiger partial charge on any atom is -0.396 e. The van der Waals surface area contributed by atoms with Gasteiger partial charge in [-0.25, -0.2) is 0 Å². The molecular weight excluding hydrogens is 224 g/mol. The second kappa shape index (κ2) is 8.89. The second-order valence-corrected chi connectivity index (χ2v) is 6.06. The van der Waals surface area contributed by atoms with E-state index in [2.05, 4.69) is 52.0 Å². The Kier molecular flexibility index (Phi) is 8.83. The van der Waals surface area contributed by atoms with Gasteiger partial charge in [-0.1, -0.05) is 40.5 Å². The number of nitrogens with one attached hydrogen (secondary N) is 1. The number of hydrogen-bond donors (Lipinski definition) is 2. The van der Waals surface area contributed by atoms with E-state index in [9.17, 15) is 5.11 Å². The number of likely N-dealkylation sites (N-methyl/N-ethyl adjacent to an activating group) is 1. The first-order valence-corrected chi connectivity index (χ1v) is 7.42. The maximum Gasteiger partial charge on any atom is 0.0496 e. The molecule has 0 heterocycles. The third-order valence-corrected chi connectivity index (χ3v) is 4.40. The lowest BCUT2D eigenvalue weighted by molar-refractivity contribution is 0.127. The van der Waals surface area contributed by atoms with E-state index in [1.54, 1.807) is 0 Å². The largest absolute Gasteiger partial charge is 0.396 e. The van der Waals surface area contributed by atoms with Gasteiger partial charge in [-0.3, -0.25) is 0 Å². The topological polar surface area (TPSA) is 35.5 Å². The van der Waals surface area contributed by atoms with Crippen molar-refractivity contribution >= 4 is 0 Å². The maximum absolute atomic E-state index is 9.41. The Hall–Kier alpha value is -0.120. The van der Waals surface area contributed by atoms with Gasteiger partial charge in [0.25, 0.3) is 0 Å². The Labute approximate surface area is 114 Å². The molecule has 3 heteroatoms. The van der Waals surface area contributed by atoms with Crippen LogP contribution < -0.4 is 5.32 Å². The molecule has 0 saturated carbocycles. The van der Waals surface area contributed by atoms with Crippen LogP contribution in [0.25, 0.3) is 0 Å². The monoisotopic (exact) mass is 258 g/mol. The van der Waals surface area contributed by atoms with Crippen molar-refractivity contribution in [3.05, 3.63) is 0 Å². The zero-order valence-corrected chi connectivity index (χ0v) is 13.3. The van der Waals surface area contributed by atoms with Crippen LogP contribution in [-0.2, 0) is 0 Å². The van der Waals surface area contributed by atoms with Gasteiger partial charge in [0.2, 0.25) is 0 Å². The molecular formula is C15H34N2O. The van der Waals surface area contributed by atoms with Crippen LogP contribution in [0.3, 0.4) is 0 Å². The van der Waals surface area contributed by atoms with Crippen LogP contribution in [-0.4, -0.2) is 49.8 Å². The van der Waals surface area contributed by atoms with Gasteiger partial charge >= 0.3 is 0 Å². The molecule has 0 aromatic carbocycles. The van der Waals surface area contributed by atoms with Crippen molar-refractivity contribution in [2.45, 2.75) is 53.0 Å². The predicted octanol–water partition coefficient (Wildman–Crippen LogP) is 2.35. The van der Waals surface area contributed by atoms with E-state index < -0.39 is 0 Å². The van der Waals surface area contributed by atoms with E-state index in [1.807, 2.05) is 0 Å². The van der Waals surface area contributed by atoms with Gasteiger partial charge in [-0.05, 0) is 26.4 Å². The highest BCUT2D eigenvalue weighted by Gasteiger charge is 2.23. The zero-order valence-electron chi connectivity index (χ0n) is 13.3. The van der Waals surface area contributed by atoms with E-state index in [0.717, 1.165) is 25.4 Å². The van der Waals surface area contributed by atoms with Crippen molar-refractivity contribution in [3.63, 3.8) is 0 Å². The summed E-state index contributed by atoms with van der Waals surface area (Å²) in [6, 6.07) is 0.583. The molecule has 0 fully saturated rings. The van der Waals surface area contributed by atoms with Gasteiger partial charge in [-0.15, -0.1) is 0 Å². The van der Waals surface area contributed by atoms with Crippen LogP contribution in [0, 0.1) is 11.3 Å². The van der Waals surface area contributed by atoms with Crippen molar-refractivity contribution in [1.82, 2.24) is 10.2 Å². The summed E-state index contributed by atoms with van der Waals surface area (Å²) >= 11 is 0. The van der Waals surface area contributed by atoms with Gasteiger partial charge in [0.1, 0.15) is 0 Å². The fourth-order valence-electron chi connectivity index (χ4n) is 2.42. The zero-order chi connectivity index (χ0) is 14.2. The Morgan fingerprint density at radius 2 is 1.72 bits per heavy atom. The molecule has 0 saturated heterocycles. The van der Waals surface area contributed by atoms with Crippen molar-refractivity contribution < 1.29 is 5.11 Å². The van der Waals surface area contributed by atoms with E-state index in [4.69, 9.17) is 0 Å². The first-order chi connectivity index (χ1) is 8.44. The quantitative estimate of drug-likeness (QED) is 0.631. The Morgan fingerprint density at radius 3 is 2.06 bits per heavy atom. The van der Waals surface area contributed by atoms with Crippen molar-refractivity contribution in [3.8, 4) is 0 Å². The average Bonchev–Trinajstić information content (AvgIpc) is 2.37. The lowest BCUT2D eigenvalue weighted by Gasteiger charge is -2.33. The van der Waals surface area contributed by atoms with Crippen LogP contribution in [0.4, 0.5) is 0 Å². The number of aliphatic hydroxyl groups is 1. The molecule has 18 heavy (non-hydrogen) atoms. The molecule has 0 radical (unpaired) electrons. The number of rotatable bonds is 10. The molecule has 2 atom stereocenters. The first kappa shape index (κ1) is 17.9. The minimum absolute atomic E-state index is 0.0186. The van der Waals surface area contributed by atoms with E-state index in [1.165, 1.54) is 12.8 Å². The standard InChI is InChI=1S/C15H34N2O/c1-7-13(8-2)14(17(5)6)10-16-11-15(4,9-3)12-18/h13-14,16,18H,7-12H2,1-6H3.